The highest BCUT2D eigenvalue weighted by Crippen LogP contribution is 2.18. The zero-order valence-electron chi connectivity index (χ0n) is 13.7. The zero-order valence-corrected chi connectivity index (χ0v) is 13.7. The lowest BCUT2D eigenvalue weighted by Crippen LogP contribution is -2.40. The van der Waals surface area contributed by atoms with Crippen LogP contribution >= 0.6 is 0 Å². The summed E-state index contributed by atoms with van der Waals surface area (Å²) < 4.78 is 10.9. The molecular formula is C16H25N3O3. The van der Waals surface area contributed by atoms with Crippen molar-refractivity contribution in [1.82, 2.24) is 15.2 Å². The van der Waals surface area contributed by atoms with E-state index in [0.29, 0.717) is 13.1 Å². The second-order valence-electron chi connectivity index (χ2n) is 6.50. The third-order valence-corrected chi connectivity index (χ3v) is 3.54. The number of rotatable bonds is 4. The van der Waals surface area contributed by atoms with Crippen LogP contribution in [0, 0.1) is 0 Å². The normalized spacial score (nSPS) is 21.9. The van der Waals surface area contributed by atoms with E-state index in [0.717, 1.165) is 12.1 Å². The minimum atomic E-state index is -0.484. The van der Waals surface area contributed by atoms with Crippen molar-refractivity contribution >= 4 is 6.09 Å². The molecular weight excluding hydrogens is 282 g/mol. The van der Waals surface area contributed by atoms with E-state index < -0.39 is 5.60 Å². The molecule has 122 valence electrons. The van der Waals surface area contributed by atoms with Gasteiger partial charge in [0.15, 0.2) is 0 Å². The molecule has 1 aliphatic rings. The summed E-state index contributed by atoms with van der Waals surface area (Å²) in [5.74, 6) is 0. The second kappa shape index (κ2) is 7.07. The number of nitrogens with zero attached hydrogens (tertiary/aromatic N) is 2. The summed E-state index contributed by atoms with van der Waals surface area (Å²) >= 11 is 0. The molecule has 0 aromatic carbocycles. The fourth-order valence-corrected chi connectivity index (χ4v) is 2.43. The number of amides is 1. The quantitative estimate of drug-likeness (QED) is 0.919. The molecule has 0 aliphatic carbocycles. The van der Waals surface area contributed by atoms with Crippen molar-refractivity contribution in [2.75, 3.05) is 20.2 Å². The molecule has 1 saturated heterocycles. The first-order valence-corrected chi connectivity index (χ1v) is 7.52. The fourth-order valence-electron chi connectivity index (χ4n) is 2.43. The molecule has 0 bridgehead atoms. The smallest absolute Gasteiger partial charge is 0.410 e. The number of ether oxygens (including phenoxy) is 2. The van der Waals surface area contributed by atoms with E-state index in [1.165, 1.54) is 0 Å². The molecule has 2 atom stereocenters. The van der Waals surface area contributed by atoms with Crippen molar-refractivity contribution < 1.29 is 14.3 Å². The van der Waals surface area contributed by atoms with Gasteiger partial charge in [-0.3, -0.25) is 4.98 Å². The maximum Gasteiger partial charge on any atom is 0.410 e. The number of hydrogen-bond acceptors (Lipinski definition) is 5. The van der Waals surface area contributed by atoms with Gasteiger partial charge in [-0.1, -0.05) is 0 Å². The highest BCUT2D eigenvalue weighted by Gasteiger charge is 2.36. The van der Waals surface area contributed by atoms with Gasteiger partial charge in [-0.25, -0.2) is 4.79 Å². The SMILES string of the molecule is CO[C@H]1CN(C(=O)OC(C)(C)C)CC1NCc1ccncc1. The van der Waals surface area contributed by atoms with Crippen molar-refractivity contribution in [3.63, 3.8) is 0 Å². The average Bonchev–Trinajstić information content (AvgIpc) is 2.88. The minimum absolute atomic E-state index is 0.0330. The Bertz CT molecular complexity index is 487. The number of carbonyl (C=O) groups is 1. The zero-order chi connectivity index (χ0) is 16.2. The average molecular weight is 307 g/mol. The van der Waals surface area contributed by atoms with Gasteiger partial charge >= 0.3 is 6.09 Å². The molecule has 6 heteroatoms. The molecule has 2 heterocycles. The Morgan fingerprint density at radius 2 is 2.05 bits per heavy atom. The van der Waals surface area contributed by atoms with Gasteiger partial charge in [0, 0.05) is 32.6 Å². The first kappa shape index (κ1) is 16.7. The predicted octanol–water partition coefficient (Wildman–Crippen LogP) is 1.81. The standard InChI is InChI=1S/C16H25N3O3/c1-16(2,3)22-15(20)19-10-13(14(11-19)21-4)18-9-12-5-7-17-8-6-12/h5-8,13-14,18H,9-11H2,1-4H3/t13?,14-/m0/s1. The Morgan fingerprint density at radius 1 is 1.36 bits per heavy atom. The first-order chi connectivity index (χ1) is 10.4. The van der Waals surface area contributed by atoms with E-state index in [2.05, 4.69) is 10.3 Å². The number of hydrogen-bond donors (Lipinski definition) is 1. The summed E-state index contributed by atoms with van der Waals surface area (Å²) in [4.78, 5) is 17.9. The van der Waals surface area contributed by atoms with E-state index in [-0.39, 0.29) is 18.2 Å². The Hall–Kier alpha value is -1.66. The second-order valence-corrected chi connectivity index (χ2v) is 6.50. The first-order valence-electron chi connectivity index (χ1n) is 7.52. The highest BCUT2D eigenvalue weighted by molar-refractivity contribution is 5.68. The summed E-state index contributed by atoms with van der Waals surface area (Å²) in [5, 5.41) is 3.44. The van der Waals surface area contributed by atoms with Crippen molar-refractivity contribution in [1.29, 1.82) is 0 Å². The molecule has 0 saturated carbocycles. The number of methoxy groups -OCH3 is 1. The molecule has 1 aliphatic heterocycles. The molecule has 1 amide bonds. The minimum Gasteiger partial charge on any atom is -0.444 e. The largest absolute Gasteiger partial charge is 0.444 e. The van der Waals surface area contributed by atoms with Crippen LogP contribution < -0.4 is 5.32 Å². The van der Waals surface area contributed by atoms with Gasteiger partial charge in [-0.2, -0.15) is 0 Å². The number of aromatic nitrogens is 1. The van der Waals surface area contributed by atoms with Gasteiger partial charge in [0.2, 0.25) is 0 Å². The van der Waals surface area contributed by atoms with Gasteiger partial charge in [-0.15, -0.1) is 0 Å². The fraction of sp³-hybridized carbons (Fsp3) is 0.625. The van der Waals surface area contributed by atoms with Crippen LogP contribution in [0.5, 0.6) is 0 Å². The van der Waals surface area contributed by atoms with E-state index in [9.17, 15) is 4.79 Å². The van der Waals surface area contributed by atoms with Crippen LogP contribution in [0.3, 0.4) is 0 Å². The third kappa shape index (κ3) is 4.68. The van der Waals surface area contributed by atoms with Gasteiger partial charge in [0.05, 0.1) is 18.7 Å². The Kier molecular flexibility index (Phi) is 5.37. The lowest BCUT2D eigenvalue weighted by Gasteiger charge is -2.24. The molecule has 1 aromatic heterocycles. The van der Waals surface area contributed by atoms with Crippen LogP contribution in [-0.4, -0.2) is 53.9 Å². The third-order valence-electron chi connectivity index (χ3n) is 3.54. The Labute approximate surface area is 131 Å². The number of nitrogens with one attached hydrogen (secondary N) is 1. The summed E-state index contributed by atoms with van der Waals surface area (Å²) in [6.07, 6.45) is 3.22. The van der Waals surface area contributed by atoms with Gasteiger partial charge in [0.1, 0.15) is 5.60 Å². The lowest BCUT2D eigenvalue weighted by atomic mass is 10.2. The molecule has 1 N–H and O–H groups in total. The summed E-state index contributed by atoms with van der Waals surface area (Å²) in [7, 11) is 1.67. The van der Waals surface area contributed by atoms with E-state index in [1.54, 1.807) is 24.4 Å². The van der Waals surface area contributed by atoms with Crippen LogP contribution in [0.2, 0.25) is 0 Å². The molecule has 1 aromatic rings. The van der Waals surface area contributed by atoms with E-state index in [4.69, 9.17) is 9.47 Å². The Morgan fingerprint density at radius 3 is 2.64 bits per heavy atom. The monoisotopic (exact) mass is 307 g/mol. The molecule has 0 radical (unpaired) electrons. The number of pyridine rings is 1. The van der Waals surface area contributed by atoms with Crippen LogP contribution in [-0.2, 0) is 16.0 Å². The van der Waals surface area contributed by atoms with Gasteiger partial charge in [-0.05, 0) is 38.5 Å². The van der Waals surface area contributed by atoms with Crippen molar-refractivity contribution in [3.8, 4) is 0 Å². The molecule has 0 spiro atoms. The summed E-state index contributed by atoms with van der Waals surface area (Å²) in [6.45, 7) is 7.45. The predicted molar refractivity (Wildman–Crippen MR) is 83.5 cm³/mol. The molecule has 1 unspecified atom stereocenters. The number of carbonyl (C=O) groups excluding carboxylic acids is 1. The Balaban J connectivity index is 1.90. The van der Waals surface area contributed by atoms with Crippen molar-refractivity contribution in [2.45, 2.75) is 45.1 Å². The molecule has 1 fully saturated rings. The van der Waals surface area contributed by atoms with Gasteiger partial charge in [0.25, 0.3) is 0 Å². The maximum absolute atomic E-state index is 12.2. The number of likely N-dealkylation sites (tertiary alicyclic amines) is 1. The van der Waals surface area contributed by atoms with Crippen molar-refractivity contribution in [3.05, 3.63) is 30.1 Å². The lowest BCUT2D eigenvalue weighted by molar-refractivity contribution is 0.0252. The highest BCUT2D eigenvalue weighted by atomic mass is 16.6. The van der Waals surface area contributed by atoms with Crippen LogP contribution in [0.25, 0.3) is 0 Å². The topological polar surface area (TPSA) is 63.7 Å². The summed E-state index contributed by atoms with van der Waals surface area (Å²) in [6, 6.07) is 4.02. The summed E-state index contributed by atoms with van der Waals surface area (Å²) in [5.41, 5.74) is 0.669. The van der Waals surface area contributed by atoms with Crippen molar-refractivity contribution in [2.24, 2.45) is 0 Å². The molecule has 22 heavy (non-hydrogen) atoms. The van der Waals surface area contributed by atoms with E-state index in [1.807, 2.05) is 32.9 Å². The van der Waals surface area contributed by atoms with Crippen LogP contribution in [0.1, 0.15) is 26.3 Å². The van der Waals surface area contributed by atoms with Crippen LogP contribution in [0.15, 0.2) is 24.5 Å². The molecule has 6 nitrogen and oxygen atoms in total. The molecule has 2 rings (SSSR count). The van der Waals surface area contributed by atoms with E-state index >= 15 is 0 Å². The van der Waals surface area contributed by atoms with Crippen LogP contribution in [0.4, 0.5) is 4.79 Å². The van der Waals surface area contributed by atoms with Gasteiger partial charge < -0.3 is 19.7 Å². The maximum atomic E-state index is 12.2.